The summed E-state index contributed by atoms with van der Waals surface area (Å²) in [6.45, 7) is 2.01. The predicted octanol–water partition coefficient (Wildman–Crippen LogP) is 2.07. The molecule has 0 atom stereocenters. The van der Waals surface area contributed by atoms with Gasteiger partial charge in [0, 0.05) is 5.69 Å². The van der Waals surface area contributed by atoms with E-state index >= 15 is 0 Å². The Morgan fingerprint density at radius 3 is 2.68 bits per heavy atom. The molecule has 2 aromatic heterocycles. The van der Waals surface area contributed by atoms with Crippen LogP contribution >= 0.6 is 0 Å². The van der Waals surface area contributed by atoms with Crippen molar-refractivity contribution in [1.82, 2.24) is 20.3 Å². The Balaban J connectivity index is 2.03. The zero-order chi connectivity index (χ0) is 13.2. The fourth-order valence-corrected chi connectivity index (χ4v) is 1.71. The first-order chi connectivity index (χ1) is 9.26. The lowest BCUT2D eigenvalue weighted by Crippen LogP contribution is -2.00. The van der Waals surface area contributed by atoms with Crippen LogP contribution in [0.5, 0.6) is 5.88 Å². The van der Waals surface area contributed by atoms with Gasteiger partial charge in [-0.25, -0.2) is 4.63 Å². The Hall–Kier alpha value is -2.70. The van der Waals surface area contributed by atoms with Crippen molar-refractivity contribution in [3.05, 3.63) is 29.8 Å². The minimum Gasteiger partial charge on any atom is -0.478 e. The van der Waals surface area contributed by atoms with E-state index in [1.54, 1.807) is 0 Å². The molecule has 0 unspecified atom stereocenters. The summed E-state index contributed by atoms with van der Waals surface area (Å²) >= 11 is 0. The van der Waals surface area contributed by atoms with Crippen LogP contribution in [0.1, 0.15) is 5.56 Å². The summed E-state index contributed by atoms with van der Waals surface area (Å²) in [6.07, 6.45) is 0. The highest BCUT2D eigenvalue weighted by molar-refractivity contribution is 5.71. The number of hydrogen-bond donors (Lipinski definition) is 1. The summed E-state index contributed by atoms with van der Waals surface area (Å²) in [7, 11) is 1.52. The van der Waals surface area contributed by atoms with Gasteiger partial charge >= 0.3 is 0 Å². The van der Waals surface area contributed by atoms with Crippen molar-refractivity contribution in [1.29, 1.82) is 0 Å². The van der Waals surface area contributed by atoms with E-state index in [0.717, 1.165) is 11.3 Å². The maximum atomic E-state index is 5.18. The molecule has 1 aromatic carbocycles. The number of aryl methyl sites for hydroxylation is 1. The SMILES string of the molecule is COc1nc2nonc2nc1Nc1cccc(C)c1. The minimum atomic E-state index is 0.312. The number of anilines is 2. The third-order valence-corrected chi connectivity index (χ3v) is 2.56. The molecule has 3 rings (SSSR count). The van der Waals surface area contributed by atoms with Crippen molar-refractivity contribution in [3.8, 4) is 5.88 Å². The predicted molar refractivity (Wildman–Crippen MR) is 68.4 cm³/mol. The molecule has 0 fully saturated rings. The average molecular weight is 257 g/mol. The highest BCUT2D eigenvalue weighted by Crippen LogP contribution is 2.25. The molecule has 0 radical (unpaired) electrons. The zero-order valence-corrected chi connectivity index (χ0v) is 10.4. The Morgan fingerprint density at radius 2 is 1.95 bits per heavy atom. The van der Waals surface area contributed by atoms with Crippen LogP contribution < -0.4 is 10.1 Å². The molecule has 0 saturated carbocycles. The van der Waals surface area contributed by atoms with E-state index in [2.05, 4.69) is 30.2 Å². The van der Waals surface area contributed by atoms with Gasteiger partial charge in [-0.3, -0.25) is 0 Å². The Labute approximate surface area is 108 Å². The first-order valence-corrected chi connectivity index (χ1v) is 5.64. The third-order valence-electron chi connectivity index (χ3n) is 2.56. The molecule has 0 amide bonds. The van der Waals surface area contributed by atoms with Gasteiger partial charge in [-0.15, -0.1) is 0 Å². The number of fused-ring (bicyclic) bond motifs is 1. The van der Waals surface area contributed by atoms with Crippen LogP contribution in [0.4, 0.5) is 11.5 Å². The number of aromatic nitrogens is 4. The Bertz CT molecular complexity index is 725. The number of ether oxygens (including phenoxy) is 1. The molecule has 0 saturated heterocycles. The van der Waals surface area contributed by atoms with Gasteiger partial charge in [-0.05, 0) is 34.9 Å². The first kappa shape index (κ1) is 11.4. The maximum Gasteiger partial charge on any atom is 0.259 e. The van der Waals surface area contributed by atoms with Crippen LogP contribution in [0.2, 0.25) is 0 Å². The van der Waals surface area contributed by atoms with Gasteiger partial charge in [0.25, 0.3) is 5.88 Å². The summed E-state index contributed by atoms with van der Waals surface area (Å²) in [4.78, 5) is 8.42. The summed E-state index contributed by atoms with van der Waals surface area (Å²) in [5.74, 6) is 0.806. The largest absolute Gasteiger partial charge is 0.478 e. The van der Waals surface area contributed by atoms with Crippen molar-refractivity contribution < 1.29 is 9.37 Å². The Morgan fingerprint density at radius 1 is 1.16 bits per heavy atom. The number of benzene rings is 1. The Kier molecular flexibility index (Phi) is 2.71. The van der Waals surface area contributed by atoms with Crippen LogP contribution in [0.25, 0.3) is 11.3 Å². The zero-order valence-electron chi connectivity index (χ0n) is 10.4. The highest BCUT2D eigenvalue weighted by atomic mass is 16.6. The average Bonchev–Trinajstić information content (AvgIpc) is 2.85. The van der Waals surface area contributed by atoms with Crippen LogP contribution in [0.3, 0.4) is 0 Å². The lowest BCUT2D eigenvalue weighted by molar-refractivity contribution is 0.313. The second kappa shape index (κ2) is 4.52. The summed E-state index contributed by atoms with van der Waals surface area (Å²) in [5.41, 5.74) is 2.67. The molecule has 1 N–H and O–H groups in total. The summed E-state index contributed by atoms with van der Waals surface area (Å²) < 4.78 is 9.76. The second-order valence-electron chi connectivity index (χ2n) is 3.99. The monoisotopic (exact) mass is 257 g/mol. The fraction of sp³-hybridized carbons (Fsp3) is 0.167. The molecular weight excluding hydrogens is 246 g/mol. The van der Waals surface area contributed by atoms with E-state index in [-0.39, 0.29) is 0 Å². The van der Waals surface area contributed by atoms with E-state index in [0.29, 0.717) is 23.0 Å². The van der Waals surface area contributed by atoms with E-state index in [9.17, 15) is 0 Å². The van der Waals surface area contributed by atoms with Gasteiger partial charge in [0.15, 0.2) is 5.82 Å². The van der Waals surface area contributed by atoms with Crippen molar-refractivity contribution in [3.63, 3.8) is 0 Å². The number of nitrogens with one attached hydrogen (secondary N) is 1. The topological polar surface area (TPSA) is 86.0 Å². The molecule has 0 aliphatic carbocycles. The molecule has 0 aliphatic heterocycles. The highest BCUT2D eigenvalue weighted by Gasteiger charge is 2.13. The molecule has 7 nitrogen and oxygen atoms in total. The molecule has 0 aliphatic rings. The number of nitrogens with zero attached hydrogens (tertiary/aromatic N) is 4. The maximum absolute atomic E-state index is 5.18. The van der Waals surface area contributed by atoms with Crippen LogP contribution in [-0.2, 0) is 0 Å². The van der Waals surface area contributed by atoms with Gasteiger partial charge in [-0.1, -0.05) is 12.1 Å². The van der Waals surface area contributed by atoms with E-state index in [1.807, 2.05) is 31.2 Å². The molecule has 0 bridgehead atoms. The smallest absolute Gasteiger partial charge is 0.259 e. The van der Waals surface area contributed by atoms with Gasteiger partial charge < -0.3 is 10.1 Å². The molecule has 7 heteroatoms. The summed E-state index contributed by atoms with van der Waals surface area (Å²) in [5, 5.41) is 10.4. The van der Waals surface area contributed by atoms with Crippen molar-refractivity contribution in [2.45, 2.75) is 6.92 Å². The summed E-state index contributed by atoms with van der Waals surface area (Å²) in [6, 6.07) is 7.89. The van der Waals surface area contributed by atoms with Crippen molar-refractivity contribution >= 4 is 22.8 Å². The van der Waals surface area contributed by atoms with E-state index in [4.69, 9.17) is 4.74 Å². The molecule has 0 spiro atoms. The minimum absolute atomic E-state index is 0.312. The molecule has 3 aromatic rings. The van der Waals surface area contributed by atoms with E-state index < -0.39 is 0 Å². The number of rotatable bonds is 3. The third kappa shape index (κ3) is 2.17. The number of hydrogen-bond acceptors (Lipinski definition) is 7. The van der Waals surface area contributed by atoms with Gasteiger partial charge in [0.05, 0.1) is 7.11 Å². The second-order valence-corrected chi connectivity index (χ2v) is 3.99. The van der Waals surface area contributed by atoms with E-state index in [1.165, 1.54) is 7.11 Å². The lowest BCUT2D eigenvalue weighted by atomic mass is 10.2. The quantitative estimate of drug-likeness (QED) is 0.768. The van der Waals surface area contributed by atoms with Crippen LogP contribution in [0, 0.1) is 6.92 Å². The standard InChI is InChI=1S/C12H11N5O2/c1-7-4-3-5-8(6-7)13-11-12(18-2)15-10-9(14-11)16-19-17-10/h3-6H,1-2H3,(H,13,14,16). The van der Waals surface area contributed by atoms with Gasteiger partial charge in [-0.2, -0.15) is 9.97 Å². The first-order valence-electron chi connectivity index (χ1n) is 5.64. The van der Waals surface area contributed by atoms with Crippen molar-refractivity contribution in [2.24, 2.45) is 0 Å². The molecule has 19 heavy (non-hydrogen) atoms. The number of methoxy groups -OCH3 is 1. The van der Waals surface area contributed by atoms with Gasteiger partial charge in [0.2, 0.25) is 11.3 Å². The molecule has 96 valence electrons. The van der Waals surface area contributed by atoms with Crippen LogP contribution in [-0.4, -0.2) is 27.4 Å². The van der Waals surface area contributed by atoms with Crippen LogP contribution in [0.15, 0.2) is 28.9 Å². The normalized spacial score (nSPS) is 10.6. The fourth-order valence-electron chi connectivity index (χ4n) is 1.71. The lowest BCUT2D eigenvalue weighted by Gasteiger charge is -2.08. The molecular formula is C12H11N5O2. The van der Waals surface area contributed by atoms with Gasteiger partial charge in [0.1, 0.15) is 0 Å². The van der Waals surface area contributed by atoms with Crippen molar-refractivity contribution in [2.75, 3.05) is 12.4 Å². The molecule has 2 heterocycles.